The van der Waals surface area contributed by atoms with E-state index in [1.54, 1.807) is 14.1 Å². The molecule has 0 unspecified atom stereocenters. The first-order valence-corrected chi connectivity index (χ1v) is 5.45. The van der Waals surface area contributed by atoms with Crippen LogP contribution in [0.5, 0.6) is 5.75 Å². The van der Waals surface area contributed by atoms with E-state index in [2.05, 4.69) is 4.98 Å². The van der Waals surface area contributed by atoms with Crippen LogP contribution in [0.15, 0.2) is 12.3 Å². The van der Waals surface area contributed by atoms with Crippen molar-refractivity contribution < 1.29 is 14.3 Å². The van der Waals surface area contributed by atoms with Crippen molar-refractivity contribution in [1.29, 1.82) is 0 Å². The van der Waals surface area contributed by atoms with Crippen molar-refractivity contribution in [1.82, 2.24) is 9.88 Å². The first-order valence-electron chi connectivity index (χ1n) is 5.45. The summed E-state index contributed by atoms with van der Waals surface area (Å²) in [4.78, 5) is 27.9. The van der Waals surface area contributed by atoms with Crippen molar-refractivity contribution in [3.05, 3.63) is 23.5 Å². The highest BCUT2D eigenvalue weighted by Crippen LogP contribution is 2.28. The summed E-state index contributed by atoms with van der Waals surface area (Å²) < 4.78 is 5.58. The largest absolute Gasteiger partial charge is 0.490 e. The molecule has 1 fully saturated rings. The first kappa shape index (κ1) is 11.6. The Kier molecular flexibility index (Phi) is 3.08. The number of rotatable bonds is 4. The molecular weight excluding hydrogens is 220 g/mol. The Hall–Kier alpha value is -1.91. The lowest BCUT2D eigenvalue weighted by Crippen LogP contribution is -2.23. The number of amides is 1. The number of carbonyl (C=O) groups excluding carboxylic acids is 2. The van der Waals surface area contributed by atoms with Crippen LogP contribution in [0.1, 0.15) is 33.7 Å². The average molecular weight is 234 g/mol. The van der Waals surface area contributed by atoms with Crippen molar-refractivity contribution in [3.8, 4) is 5.75 Å². The summed E-state index contributed by atoms with van der Waals surface area (Å²) in [5.74, 6) is 0.241. The highest BCUT2D eigenvalue weighted by Gasteiger charge is 2.25. The van der Waals surface area contributed by atoms with Crippen molar-refractivity contribution in [2.45, 2.75) is 18.9 Å². The van der Waals surface area contributed by atoms with Gasteiger partial charge in [-0.1, -0.05) is 0 Å². The molecule has 0 saturated heterocycles. The van der Waals surface area contributed by atoms with Gasteiger partial charge in [-0.05, 0) is 12.8 Å². The quantitative estimate of drug-likeness (QED) is 0.733. The maximum Gasteiger partial charge on any atom is 0.272 e. The highest BCUT2D eigenvalue weighted by molar-refractivity contribution is 5.93. The summed E-state index contributed by atoms with van der Waals surface area (Å²) in [7, 11) is 3.30. The van der Waals surface area contributed by atoms with E-state index in [9.17, 15) is 9.59 Å². The van der Waals surface area contributed by atoms with Crippen LogP contribution in [0.25, 0.3) is 0 Å². The normalized spacial score (nSPS) is 14.2. The van der Waals surface area contributed by atoms with Crippen LogP contribution in [0.3, 0.4) is 0 Å². The van der Waals surface area contributed by atoms with Gasteiger partial charge in [-0.15, -0.1) is 0 Å². The van der Waals surface area contributed by atoms with Crippen LogP contribution in [0, 0.1) is 0 Å². The van der Waals surface area contributed by atoms with E-state index >= 15 is 0 Å². The van der Waals surface area contributed by atoms with Crippen LogP contribution in [0.4, 0.5) is 0 Å². The van der Waals surface area contributed by atoms with Crippen molar-refractivity contribution in [3.63, 3.8) is 0 Å². The van der Waals surface area contributed by atoms with Crippen molar-refractivity contribution >= 4 is 12.2 Å². The lowest BCUT2D eigenvalue weighted by molar-refractivity contribution is 0.0820. The molecular formula is C12H14N2O3. The third kappa shape index (κ3) is 2.61. The summed E-state index contributed by atoms with van der Waals surface area (Å²) in [6.07, 6.45) is 4.24. The summed E-state index contributed by atoms with van der Waals surface area (Å²) in [5.41, 5.74) is 0.670. The average Bonchev–Trinajstić information content (AvgIpc) is 3.11. The SMILES string of the molecule is CN(C)C(=O)c1cc(OC2CC2)c(C=O)cn1. The fraction of sp³-hybridized carbons (Fsp3) is 0.417. The standard InChI is InChI=1S/C12H14N2O3/c1-14(2)12(16)10-5-11(17-9-3-4-9)8(7-15)6-13-10/h5-7,9H,3-4H2,1-2H3. The molecule has 5 nitrogen and oxygen atoms in total. The second-order valence-corrected chi connectivity index (χ2v) is 4.24. The molecule has 1 saturated carbocycles. The third-order valence-electron chi connectivity index (χ3n) is 2.47. The summed E-state index contributed by atoms with van der Waals surface area (Å²) in [5, 5.41) is 0. The second kappa shape index (κ2) is 4.53. The van der Waals surface area contributed by atoms with Gasteiger partial charge < -0.3 is 9.64 Å². The molecule has 90 valence electrons. The monoisotopic (exact) mass is 234 g/mol. The molecule has 1 aromatic heterocycles. The molecule has 17 heavy (non-hydrogen) atoms. The number of nitrogens with zero attached hydrogens (tertiary/aromatic N) is 2. The minimum Gasteiger partial charge on any atom is -0.490 e. The molecule has 0 radical (unpaired) electrons. The van der Waals surface area contributed by atoms with Gasteiger partial charge in [0.05, 0.1) is 11.7 Å². The maximum absolute atomic E-state index is 11.7. The Morgan fingerprint density at radius 3 is 2.76 bits per heavy atom. The Labute approximate surface area is 99.4 Å². The van der Waals surface area contributed by atoms with Crippen LogP contribution >= 0.6 is 0 Å². The summed E-state index contributed by atoms with van der Waals surface area (Å²) in [6.45, 7) is 0. The predicted molar refractivity (Wildman–Crippen MR) is 61.3 cm³/mol. The number of aldehydes is 1. The smallest absolute Gasteiger partial charge is 0.272 e. The van der Waals surface area contributed by atoms with E-state index in [-0.39, 0.29) is 17.7 Å². The zero-order chi connectivity index (χ0) is 12.4. The second-order valence-electron chi connectivity index (χ2n) is 4.24. The molecule has 0 bridgehead atoms. The first-order chi connectivity index (χ1) is 8.11. The van der Waals surface area contributed by atoms with Crippen LogP contribution in [-0.4, -0.2) is 42.3 Å². The summed E-state index contributed by atoms with van der Waals surface area (Å²) in [6, 6.07) is 1.53. The van der Waals surface area contributed by atoms with E-state index in [1.165, 1.54) is 17.2 Å². The van der Waals surface area contributed by atoms with Gasteiger partial charge >= 0.3 is 0 Å². The molecule has 0 aromatic carbocycles. The number of carbonyl (C=O) groups is 2. The fourth-order valence-electron chi connectivity index (χ4n) is 1.35. The van der Waals surface area contributed by atoms with E-state index in [4.69, 9.17) is 4.74 Å². The van der Waals surface area contributed by atoms with Gasteiger partial charge in [0.25, 0.3) is 5.91 Å². The molecule has 1 heterocycles. The summed E-state index contributed by atoms with van der Waals surface area (Å²) >= 11 is 0. The van der Waals surface area contributed by atoms with Gasteiger partial charge in [-0.2, -0.15) is 0 Å². The third-order valence-corrected chi connectivity index (χ3v) is 2.47. The van der Waals surface area contributed by atoms with Gasteiger partial charge in [0, 0.05) is 26.4 Å². The molecule has 1 aromatic rings. The number of hydrogen-bond donors (Lipinski definition) is 0. The highest BCUT2D eigenvalue weighted by atomic mass is 16.5. The molecule has 1 aliphatic carbocycles. The van der Waals surface area contributed by atoms with Crippen molar-refractivity contribution in [2.24, 2.45) is 0 Å². The number of aromatic nitrogens is 1. The van der Waals surface area contributed by atoms with E-state index in [0.717, 1.165) is 12.8 Å². The van der Waals surface area contributed by atoms with Gasteiger partial charge in [0.15, 0.2) is 6.29 Å². The minimum atomic E-state index is -0.205. The van der Waals surface area contributed by atoms with E-state index < -0.39 is 0 Å². The Bertz CT molecular complexity index is 453. The Morgan fingerprint density at radius 1 is 1.53 bits per heavy atom. The van der Waals surface area contributed by atoms with Gasteiger partial charge in [-0.3, -0.25) is 14.6 Å². The Morgan fingerprint density at radius 2 is 2.24 bits per heavy atom. The number of pyridine rings is 1. The molecule has 1 aliphatic rings. The molecule has 5 heteroatoms. The predicted octanol–water partition coefficient (Wildman–Crippen LogP) is 1.14. The maximum atomic E-state index is 11.7. The number of ether oxygens (including phenoxy) is 1. The number of hydrogen-bond acceptors (Lipinski definition) is 4. The van der Waals surface area contributed by atoms with Crippen LogP contribution in [-0.2, 0) is 0 Å². The van der Waals surface area contributed by atoms with E-state index in [0.29, 0.717) is 17.6 Å². The van der Waals surface area contributed by atoms with E-state index in [1.807, 2.05) is 0 Å². The topological polar surface area (TPSA) is 59.5 Å². The van der Waals surface area contributed by atoms with Crippen molar-refractivity contribution in [2.75, 3.05) is 14.1 Å². The molecule has 2 rings (SSSR count). The minimum absolute atomic E-state index is 0.179. The van der Waals surface area contributed by atoms with Gasteiger partial charge in [-0.25, -0.2) is 0 Å². The molecule has 0 aliphatic heterocycles. The van der Waals surface area contributed by atoms with Crippen LogP contribution < -0.4 is 4.74 Å². The lowest BCUT2D eigenvalue weighted by Gasteiger charge is -2.12. The van der Waals surface area contributed by atoms with Crippen LogP contribution in [0.2, 0.25) is 0 Å². The van der Waals surface area contributed by atoms with Gasteiger partial charge in [0.2, 0.25) is 0 Å². The zero-order valence-corrected chi connectivity index (χ0v) is 9.84. The zero-order valence-electron chi connectivity index (χ0n) is 9.84. The molecule has 1 amide bonds. The Balaban J connectivity index is 2.29. The lowest BCUT2D eigenvalue weighted by atomic mass is 10.2. The molecule has 0 atom stereocenters. The molecule has 0 N–H and O–H groups in total. The fourth-order valence-corrected chi connectivity index (χ4v) is 1.35. The molecule has 0 spiro atoms. The van der Waals surface area contributed by atoms with Gasteiger partial charge in [0.1, 0.15) is 11.4 Å².